The average molecular weight is 387 g/mol. The van der Waals surface area contributed by atoms with Gasteiger partial charge in [0.15, 0.2) is 0 Å². The lowest BCUT2D eigenvalue weighted by Crippen LogP contribution is -2.36. The maximum atomic E-state index is 12.1. The Kier molecular flexibility index (Phi) is 6.22. The number of methoxy groups -OCH3 is 1. The number of hydrogen-bond acceptors (Lipinski definition) is 7. The number of benzene rings is 1. The summed E-state index contributed by atoms with van der Waals surface area (Å²) in [6.45, 7) is 3.21. The van der Waals surface area contributed by atoms with Gasteiger partial charge in [-0.05, 0) is 23.8 Å². The number of ether oxygens (including phenoxy) is 2. The lowest BCUT2D eigenvalue weighted by molar-refractivity contribution is -0.384. The summed E-state index contributed by atoms with van der Waals surface area (Å²) in [6.07, 6.45) is 1.70. The fourth-order valence-corrected chi connectivity index (χ4v) is 2.74. The summed E-state index contributed by atoms with van der Waals surface area (Å²) in [6, 6.07) is 7.45. The summed E-state index contributed by atoms with van der Waals surface area (Å²) in [4.78, 5) is 29.3. The van der Waals surface area contributed by atoms with Gasteiger partial charge in [-0.25, -0.2) is 9.78 Å². The molecular formula is C18H21N5O5. The highest BCUT2D eigenvalue weighted by molar-refractivity contribution is 5.91. The number of nitro benzene ring substituents is 1. The van der Waals surface area contributed by atoms with Crippen LogP contribution < -0.4 is 20.3 Å². The van der Waals surface area contributed by atoms with Crippen LogP contribution in [0, 0.1) is 10.1 Å². The van der Waals surface area contributed by atoms with Crippen molar-refractivity contribution >= 4 is 23.2 Å². The Labute approximate surface area is 161 Å². The number of carbonyl (C=O) groups excluding carboxylic acids is 1. The van der Waals surface area contributed by atoms with Gasteiger partial charge in [-0.1, -0.05) is 6.07 Å². The smallest absolute Gasteiger partial charge is 0.319 e. The number of urea groups is 1. The van der Waals surface area contributed by atoms with Gasteiger partial charge >= 0.3 is 6.03 Å². The molecule has 3 rings (SSSR count). The first-order valence-electron chi connectivity index (χ1n) is 8.71. The molecule has 2 aromatic rings. The minimum atomic E-state index is -0.577. The van der Waals surface area contributed by atoms with Crippen molar-refractivity contribution in [1.29, 1.82) is 0 Å². The van der Waals surface area contributed by atoms with Crippen molar-refractivity contribution in [3.05, 3.63) is 52.2 Å². The molecular weight excluding hydrogens is 366 g/mol. The van der Waals surface area contributed by atoms with Crippen molar-refractivity contribution in [1.82, 2.24) is 10.3 Å². The molecule has 0 aliphatic carbocycles. The lowest BCUT2D eigenvalue weighted by Gasteiger charge is -2.27. The fourth-order valence-electron chi connectivity index (χ4n) is 2.74. The number of pyridine rings is 1. The highest BCUT2D eigenvalue weighted by Crippen LogP contribution is 2.28. The van der Waals surface area contributed by atoms with Gasteiger partial charge in [-0.2, -0.15) is 0 Å². The Bertz CT molecular complexity index is 837. The normalized spacial score (nSPS) is 13.7. The number of aromatic nitrogens is 1. The Balaban J connectivity index is 1.56. The van der Waals surface area contributed by atoms with E-state index in [1.807, 2.05) is 12.1 Å². The molecule has 0 saturated carbocycles. The van der Waals surface area contributed by atoms with E-state index in [2.05, 4.69) is 20.5 Å². The summed E-state index contributed by atoms with van der Waals surface area (Å²) in [5.41, 5.74) is 0.659. The number of nitrogens with zero attached hydrogens (tertiary/aromatic N) is 3. The Morgan fingerprint density at radius 3 is 2.75 bits per heavy atom. The average Bonchev–Trinajstić information content (AvgIpc) is 2.73. The third-order valence-electron chi connectivity index (χ3n) is 4.25. The Morgan fingerprint density at radius 1 is 1.32 bits per heavy atom. The SMILES string of the molecule is COc1ccc(NC(=O)NCc2ccc(N3CCOCC3)nc2)c([N+](=O)[O-])c1. The van der Waals surface area contributed by atoms with Gasteiger partial charge in [0.1, 0.15) is 17.3 Å². The van der Waals surface area contributed by atoms with Crippen molar-refractivity contribution in [2.75, 3.05) is 43.6 Å². The standard InChI is InChI=1S/C18H21N5O5/c1-27-14-3-4-15(16(10-14)23(25)26)21-18(24)20-12-13-2-5-17(19-11-13)22-6-8-28-9-7-22/h2-5,10-11H,6-9,12H2,1H3,(H2,20,21,24). The van der Waals surface area contributed by atoms with Crippen LogP contribution in [0.25, 0.3) is 0 Å². The minimum Gasteiger partial charge on any atom is -0.496 e. The van der Waals surface area contributed by atoms with Crippen LogP contribution in [0.15, 0.2) is 36.5 Å². The molecule has 10 heteroatoms. The van der Waals surface area contributed by atoms with E-state index < -0.39 is 11.0 Å². The molecule has 1 aromatic carbocycles. The van der Waals surface area contributed by atoms with Crippen LogP contribution in [-0.2, 0) is 11.3 Å². The number of amides is 2. The number of rotatable bonds is 6. The number of morpholine rings is 1. The van der Waals surface area contributed by atoms with Crippen molar-refractivity contribution in [3.63, 3.8) is 0 Å². The van der Waals surface area contributed by atoms with Crippen LogP contribution in [0.1, 0.15) is 5.56 Å². The number of carbonyl (C=O) groups is 1. The lowest BCUT2D eigenvalue weighted by atomic mass is 10.2. The first-order chi connectivity index (χ1) is 13.6. The first kappa shape index (κ1) is 19.4. The van der Waals surface area contributed by atoms with Gasteiger partial charge in [0.25, 0.3) is 5.69 Å². The van der Waals surface area contributed by atoms with E-state index in [9.17, 15) is 14.9 Å². The van der Waals surface area contributed by atoms with Crippen molar-refractivity contribution in [2.24, 2.45) is 0 Å². The van der Waals surface area contributed by atoms with Crippen LogP contribution in [0.5, 0.6) is 5.75 Å². The molecule has 0 spiro atoms. The number of anilines is 2. The van der Waals surface area contributed by atoms with E-state index in [4.69, 9.17) is 9.47 Å². The third kappa shape index (κ3) is 4.86. The summed E-state index contributed by atoms with van der Waals surface area (Å²) >= 11 is 0. The van der Waals surface area contributed by atoms with Crippen LogP contribution >= 0.6 is 0 Å². The molecule has 10 nitrogen and oxygen atoms in total. The van der Waals surface area contributed by atoms with Crippen LogP contribution in [0.2, 0.25) is 0 Å². The first-order valence-corrected chi connectivity index (χ1v) is 8.71. The van der Waals surface area contributed by atoms with E-state index in [1.54, 1.807) is 6.20 Å². The molecule has 2 N–H and O–H groups in total. The summed E-state index contributed by atoms with van der Waals surface area (Å²) in [5, 5.41) is 16.3. The van der Waals surface area contributed by atoms with E-state index >= 15 is 0 Å². The Hall–Kier alpha value is -3.40. The van der Waals surface area contributed by atoms with E-state index in [1.165, 1.54) is 25.3 Å². The summed E-state index contributed by atoms with van der Waals surface area (Å²) in [5.74, 6) is 1.20. The largest absolute Gasteiger partial charge is 0.496 e. The molecule has 1 aliphatic rings. The third-order valence-corrected chi connectivity index (χ3v) is 4.25. The zero-order chi connectivity index (χ0) is 19.9. The summed E-state index contributed by atoms with van der Waals surface area (Å²) < 4.78 is 10.3. The molecule has 0 radical (unpaired) electrons. The monoisotopic (exact) mass is 387 g/mol. The molecule has 1 aromatic heterocycles. The maximum Gasteiger partial charge on any atom is 0.319 e. The topological polar surface area (TPSA) is 119 Å². The molecule has 148 valence electrons. The van der Waals surface area contributed by atoms with Crippen LogP contribution in [0.3, 0.4) is 0 Å². The molecule has 0 atom stereocenters. The number of nitrogens with one attached hydrogen (secondary N) is 2. The van der Waals surface area contributed by atoms with Gasteiger partial charge in [0, 0.05) is 25.8 Å². The zero-order valence-electron chi connectivity index (χ0n) is 15.4. The maximum absolute atomic E-state index is 12.1. The summed E-state index contributed by atoms with van der Waals surface area (Å²) in [7, 11) is 1.41. The van der Waals surface area contributed by atoms with Crippen LogP contribution in [-0.4, -0.2) is 49.4 Å². The quantitative estimate of drug-likeness (QED) is 0.576. The molecule has 28 heavy (non-hydrogen) atoms. The molecule has 1 aliphatic heterocycles. The molecule has 2 amide bonds. The molecule has 2 heterocycles. The molecule has 1 saturated heterocycles. The number of nitro groups is 1. The van der Waals surface area contributed by atoms with Gasteiger partial charge in [0.05, 0.1) is 31.3 Å². The van der Waals surface area contributed by atoms with E-state index in [0.717, 1.165) is 24.5 Å². The van der Waals surface area contributed by atoms with E-state index in [-0.39, 0.29) is 17.9 Å². The highest BCUT2D eigenvalue weighted by atomic mass is 16.6. The fraction of sp³-hybridized carbons (Fsp3) is 0.333. The van der Waals surface area contributed by atoms with Crippen molar-refractivity contribution in [2.45, 2.75) is 6.54 Å². The molecule has 0 unspecified atom stereocenters. The second-order valence-corrected chi connectivity index (χ2v) is 6.07. The van der Waals surface area contributed by atoms with Gasteiger partial charge in [-0.15, -0.1) is 0 Å². The Morgan fingerprint density at radius 2 is 2.11 bits per heavy atom. The second-order valence-electron chi connectivity index (χ2n) is 6.07. The van der Waals surface area contributed by atoms with E-state index in [0.29, 0.717) is 19.0 Å². The minimum absolute atomic E-state index is 0.0871. The van der Waals surface area contributed by atoms with Crippen LogP contribution in [0.4, 0.5) is 22.0 Å². The predicted molar refractivity (Wildman–Crippen MR) is 103 cm³/mol. The van der Waals surface area contributed by atoms with Gasteiger partial charge in [-0.3, -0.25) is 10.1 Å². The second kappa shape index (κ2) is 9.00. The van der Waals surface area contributed by atoms with Crippen molar-refractivity contribution in [3.8, 4) is 5.75 Å². The molecule has 0 bridgehead atoms. The zero-order valence-corrected chi connectivity index (χ0v) is 15.4. The predicted octanol–water partition coefficient (Wildman–Crippen LogP) is 2.16. The number of hydrogen-bond donors (Lipinski definition) is 2. The van der Waals surface area contributed by atoms with Gasteiger partial charge < -0.3 is 25.0 Å². The van der Waals surface area contributed by atoms with Gasteiger partial charge in [0.2, 0.25) is 0 Å². The molecule has 1 fully saturated rings. The highest BCUT2D eigenvalue weighted by Gasteiger charge is 2.17. The van der Waals surface area contributed by atoms with Crippen molar-refractivity contribution < 1.29 is 19.2 Å².